The molecule has 0 radical (unpaired) electrons. The molecule has 1 saturated carbocycles. The third-order valence-electron chi connectivity index (χ3n) is 7.23. The number of hydrogen-bond donors (Lipinski definition) is 1. The second-order valence-corrected chi connectivity index (χ2v) is 10.1. The Hall–Kier alpha value is -2.93. The first-order valence-corrected chi connectivity index (χ1v) is 12.6. The van der Waals surface area contributed by atoms with E-state index in [2.05, 4.69) is 49.3 Å². The van der Waals surface area contributed by atoms with Crippen LogP contribution in [-0.4, -0.2) is 38.4 Å². The fourth-order valence-corrected chi connectivity index (χ4v) is 5.36. The minimum absolute atomic E-state index is 0.0266. The van der Waals surface area contributed by atoms with E-state index in [-0.39, 0.29) is 11.7 Å². The van der Waals surface area contributed by atoms with E-state index in [4.69, 9.17) is 9.72 Å². The predicted octanol–water partition coefficient (Wildman–Crippen LogP) is 5.05. The van der Waals surface area contributed by atoms with Crippen LogP contribution in [0.2, 0.25) is 0 Å². The summed E-state index contributed by atoms with van der Waals surface area (Å²) < 4.78 is 9.23. The second kappa shape index (κ2) is 9.74. The van der Waals surface area contributed by atoms with Crippen molar-refractivity contribution in [3.8, 4) is 17.1 Å². The molecule has 0 unspecified atom stereocenters. The molecule has 1 N–H and O–H groups in total. The predicted molar refractivity (Wildman–Crippen MR) is 135 cm³/mol. The van der Waals surface area contributed by atoms with Gasteiger partial charge >= 0.3 is 5.69 Å². The number of aromatic nitrogens is 4. The summed E-state index contributed by atoms with van der Waals surface area (Å²) in [6, 6.07) is 8.69. The number of rotatable bonds is 5. The van der Waals surface area contributed by atoms with Crippen molar-refractivity contribution < 1.29 is 4.74 Å². The maximum absolute atomic E-state index is 13.7. The zero-order chi connectivity index (χ0) is 23.7. The van der Waals surface area contributed by atoms with Crippen LogP contribution in [0, 0.1) is 19.8 Å². The maximum Gasteiger partial charge on any atom is 0.333 e. The fourth-order valence-electron chi connectivity index (χ4n) is 5.36. The standard InChI is InChI=1S/C27H35N5O2/c1-18-4-6-21(7-5-18)29-26-28-11-8-24(30-26)25-17-31(22-9-12-34-13-10-22)27(33)32(25)23-15-19(2)14-20(3)16-23/h8,11,14-18,21-22H,4-7,9-10,12-13H2,1-3H3,(H,28,29,30). The van der Waals surface area contributed by atoms with E-state index in [1.807, 2.05) is 21.4 Å². The van der Waals surface area contributed by atoms with Crippen molar-refractivity contribution in [1.82, 2.24) is 19.1 Å². The van der Waals surface area contributed by atoms with Gasteiger partial charge in [-0.05, 0) is 87.6 Å². The molecule has 1 saturated heterocycles. The molecular weight excluding hydrogens is 426 g/mol. The highest BCUT2D eigenvalue weighted by Gasteiger charge is 2.24. The monoisotopic (exact) mass is 461 g/mol. The summed E-state index contributed by atoms with van der Waals surface area (Å²) in [4.78, 5) is 23.1. The van der Waals surface area contributed by atoms with Gasteiger partial charge in [0.1, 0.15) is 0 Å². The lowest BCUT2D eigenvalue weighted by Gasteiger charge is -2.26. The molecule has 7 nitrogen and oxygen atoms in total. The summed E-state index contributed by atoms with van der Waals surface area (Å²) >= 11 is 0. The number of aryl methyl sites for hydroxylation is 2. The molecule has 7 heteroatoms. The minimum Gasteiger partial charge on any atom is -0.381 e. The highest BCUT2D eigenvalue weighted by atomic mass is 16.5. The second-order valence-electron chi connectivity index (χ2n) is 10.1. The Bertz CT molecular complexity index is 1180. The Morgan fingerprint density at radius 2 is 1.71 bits per heavy atom. The third kappa shape index (κ3) is 4.80. The molecule has 0 atom stereocenters. The van der Waals surface area contributed by atoms with Crippen LogP contribution >= 0.6 is 0 Å². The van der Waals surface area contributed by atoms with Gasteiger partial charge in [0.25, 0.3) is 0 Å². The Labute approximate surface area is 201 Å². The number of ether oxygens (including phenoxy) is 1. The first-order valence-electron chi connectivity index (χ1n) is 12.6. The lowest BCUT2D eigenvalue weighted by atomic mass is 9.87. The molecule has 5 rings (SSSR count). The number of nitrogens with one attached hydrogen (secondary N) is 1. The van der Waals surface area contributed by atoms with Crippen molar-refractivity contribution in [2.45, 2.75) is 71.4 Å². The van der Waals surface area contributed by atoms with E-state index in [1.54, 1.807) is 6.20 Å². The molecule has 2 aliphatic rings. The van der Waals surface area contributed by atoms with Crippen LogP contribution in [0.5, 0.6) is 0 Å². The molecule has 180 valence electrons. The zero-order valence-electron chi connectivity index (χ0n) is 20.5. The summed E-state index contributed by atoms with van der Waals surface area (Å²) in [6.07, 6.45) is 10.2. The van der Waals surface area contributed by atoms with Crippen LogP contribution in [0.1, 0.15) is 62.6 Å². The summed E-state index contributed by atoms with van der Waals surface area (Å²) in [5.74, 6) is 1.43. The molecule has 1 aromatic carbocycles. The number of anilines is 1. The first kappa shape index (κ1) is 22.8. The average molecular weight is 462 g/mol. The van der Waals surface area contributed by atoms with Gasteiger partial charge in [-0.25, -0.2) is 14.8 Å². The van der Waals surface area contributed by atoms with Crippen molar-refractivity contribution in [2.24, 2.45) is 5.92 Å². The number of hydrogen-bond acceptors (Lipinski definition) is 5. The maximum atomic E-state index is 13.7. The SMILES string of the molecule is Cc1cc(C)cc(-n2c(-c3ccnc(NC4CCC(C)CC4)n3)cn(C3CCOCC3)c2=O)c1. The summed E-state index contributed by atoms with van der Waals surface area (Å²) in [5.41, 5.74) is 4.65. The average Bonchev–Trinajstić information content (AvgIpc) is 3.18. The van der Waals surface area contributed by atoms with Gasteiger partial charge in [0.15, 0.2) is 0 Å². The molecule has 3 heterocycles. The Morgan fingerprint density at radius 3 is 2.41 bits per heavy atom. The van der Waals surface area contributed by atoms with E-state index < -0.39 is 0 Å². The topological polar surface area (TPSA) is 74.0 Å². The molecule has 1 aliphatic carbocycles. The summed E-state index contributed by atoms with van der Waals surface area (Å²) in [6.45, 7) is 7.82. The molecule has 34 heavy (non-hydrogen) atoms. The van der Waals surface area contributed by atoms with Crippen LogP contribution in [-0.2, 0) is 4.74 Å². The zero-order valence-corrected chi connectivity index (χ0v) is 20.5. The molecule has 2 aromatic heterocycles. The number of benzene rings is 1. The minimum atomic E-state index is -0.0266. The van der Waals surface area contributed by atoms with Gasteiger partial charge in [-0.15, -0.1) is 0 Å². The van der Waals surface area contributed by atoms with Gasteiger partial charge in [-0.2, -0.15) is 0 Å². The highest BCUT2D eigenvalue weighted by molar-refractivity contribution is 5.59. The molecule has 0 bridgehead atoms. The molecule has 0 amide bonds. The number of nitrogens with zero attached hydrogens (tertiary/aromatic N) is 4. The van der Waals surface area contributed by atoms with E-state index in [0.717, 1.165) is 59.8 Å². The Kier molecular flexibility index (Phi) is 6.55. The van der Waals surface area contributed by atoms with E-state index in [9.17, 15) is 4.79 Å². The van der Waals surface area contributed by atoms with Crippen LogP contribution in [0.4, 0.5) is 5.95 Å². The normalized spacial score (nSPS) is 21.5. The van der Waals surface area contributed by atoms with E-state index in [0.29, 0.717) is 25.2 Å². The van der Waals surface area contributed by atoms with Crippen LogP contribution in [0.15, 0.2) is 41.5 Å². The quantitative estimate of drug-likeness (QED) is 0.575. The van der Waals surface area contributed by atoms with Gasteiger partial charge in [0, 0.05) is 37.7 Å². The van der Waals surface area contributed by atoms with Gasteiger partial charge < -0.3 is 10.1 Å². The molecule has 0 spiro atoms. The summed E-state index contributed by atoms with van der Waals surface area (Å²) in [7, 11) is 0. The molecule has 3 aromatic rings. The van der Waals surface area contributed by atoms with Crippen molar-refractivity contribution in [2.75, 3.05) is 18.5 Å². The number of imidazole rings is 1. The van der Waals surface area contributed by atoms with Crippen LogP contribution in [0.25, 0.3) is 17.1 Å². The Balaban J connectivity index is 1.55. The van der Waals surface area contributed by atoms with Crippen molar-refractivity contribution in [1.29, 1.82) is 0 Å². The van der Waals surface area contributed by atoms with E-state index >= 15 is 0 Å². The van der Waals surface area contributed by atoms with E-state index in [1.165, 1.54) is 12.8 Å². The van der Waals surface area contributed by atoms with Gasteiger partial charge in [-0.1, -0.05) is 13.0 Å². The Morgan fingerprint density at radius 1 is 1.00 bits per heavy atom. The van der Waals surface area contributed by atoms with Crippen molar-refractivity contribution in [3.63, 3.8) is 0 Å². The lowest BCUT2D eigenvalue weighted by molar-refractivity contribution is 0.0686. The van der Waals surface area contributed by atoms with Gasteiger partial charge in [-0.3, -0.25) is 9.13 Å². The molecular formula is C27H35N5O2. The highest BCUT2D eigenvalue weighted by Crippen LogP contribution is 2.28. The van der Waals surface area contributed by atoms with Gasteiger partial charge in [0.05, 0.1) is 17.1 Å². The molecule has 2 fully saturated rings. The third-order valence-corrected chi connectivity index (χ3v) is 7.23. The smallest absolute Gasteiger partial charge is 0.333 e. The van der Waals surface area contributed by atoms with Crippen LogP contribution < -0.4 is 11.0 Å². The van der Waals surface area contributed by atoms with Crippen molar-refractivity contribution >= 4 is 5.95 Å². The first-order chi connectivity index (χ1) is 16.5. The van der Waals surface area contributed by atoms with Gasteiger partial charge in [0.2, 0.25) is 5.95 Å². The lowest BCUT2D eigenvalue weighted by Crippen LogP contribution is -2.30. The van der Waals surface area contributed by atoms with Crippen molar-refractivity contribution in [3.05, 3.63) is 58.3 Å². The summed E-state index contributed by atoms with van der Waals surface area (Å²) in [5, 5.41) is 3.54. The fraction of sp³-hybridized carbons (Fsp3) is 0.519. The van der Waals surface area contributed by atoms with Crippen LogP contribution in [0.3, 0.4) is 0 Å². The largest absolute Gasteiger partial charge is 0.381 e. The molecule has 1 aliphatic heterocycles.